The third kappa shape index (κ3) is 6.81. The van der Waals surface area contributed by atoms with Crippen LogP contribution in [0.2, 0.25) is 0 Å². The molecular weight excluding hydrogens is 621 g/mol. The number of nitrogen functional groups attached to an aromatic ring is 2. The predicted octanol–water partition coefficient (Wildman–Crippen LogP) is 9.53. The van der Waals surface area contributed by atoms with Crippen molar-refractivity contribution in [3.8, 4) is 23.0 Å². The minimum Gasteiger partial charge on any atom is -0.456 e. The molecule has 0 saturated carbocycles. The number of anilines is 2. The highest BCUT2D eigenvalue weighted by Crippen LogP contribution is 2.49. The summed E-state index contributed by atoms with van der Waals surface area (Å²) in [6, 6.07) is 0.565. The van der Waals surface area contributed by atoms with Gasteiger partial charge in [-0.25, -0.2) is 0 Å². The standard InChI is InChI=1S/C23H11F15N2O2/c24-19(25,26)8-5-9(41-13-3-1-11(20(27,28)29)17(39)15(13)22(33,34)35)7-10(6-8)42-14-4-2-12(21(30,31)32)18(40)16(14)23(36,37)38/h1-7H,39-40H2. The topological polar surface area (TPSA) is 70.5 Å². The lowest BCUT2D eigenvalue weighted by atomic mass is 10.0. The molecule has 0 aromatic heterocycles. The van der Waals surface area contributed by atoms with E-state index < -0.39 is 93.1 Å². The molecule has 0 heterocycles. The second kappa shape index (κ2) is 10.3. The SMILES string of the molecule is Nc1c(C(F)(F)F)ccc(Oc2cc(Oc3ccc(C(F)(F)F)c(N)c3C(F)(F)F)cc(C(F)(F)F)c2)c1C(F)(F)F. The summed E-state index contributed by atoms with van der Waals surface area (Å²) in [5.41, 5.74) is -3.95. The van der Waals surface area contributed by atoms with Gasteiger partial charge in [0.2, 0.25) is 0 Å². The van der Waals surface area contributed by atoms with Gasteiger partial charge in [0, 0.05) is 6.07 Å². The zero-order chi connectivity index (χ0) is 32.2. The number of alkyl halides is 15. The summed E-state index contributed by atoms with van der Waals surface area (Å²) in [5.74, 6) is -5.57. The summed E-state index contributed by atoms with van der Waals surface area (Å²) in [6.07, 6.45) is -27.4. The molecule has 0 aliphatic heterocycles. The van der Waals surface area contributed by atoms with Crippen molar-refractivity contribution >= 4 is 11.4 Å². The van der Waals surface area contributed by atoms with Crippen LogP contribution in [0.15, 0.2) is 42.5 Å². The maximum atomic E-state index is 13.6. The molecule has 0 aliphatic rings. The number of halogens is 15. The molecule has 3 aromatic rings. The van der Waals surface area contributed by atoms with Crippen LogP contribution in [0, 0.1) is 0 Å². The monoisotopic (exact) mass is 632 g/mol. The van der Waals surface area contributed by atoms with Crippen LogP contribution in [0.5, 0.6) is 23.0 Å². The Labute approximate surface area is 223 Å². The summed E-state index contributed by atoms with van der Waals surface area (Å²) < 4.78 is 210. The van der Waals surface area contributed by atoms with Crippen molar-refractivity contribution in [3.05, 3.63) is 70.3 Å². The molecule has 4 nitrogen and oxygen atoms in total. The second-order valence-corrected chi connectivity index (χ2v) is 8.19. The van der Waals surface area contributed by atoms with Crippen LogP contribution < -0.4 is 20.9 Å². The lowest BCUT2D eigenvalue weighted by molar-refractivity contribution is -0.144. The van der Waals surface area contributed by atoms with Crippen LogP contribution in [0.1, 0.15) is 27.8 Å². The third-order valence-corrected chi connectivity index (χ3v) is 5.26. The van der Waals surface area contributed by atoms with Gasteiger partial charge in [-0.3, -0.25) is 0 Å². The fourth-order valence-electron chi connectivity index (χ4n) is 3.56. The first-order chi connectivity index (χ1) is 18.8. The van der Waals surface area contributed by atoms with E-state index in [1.54, 1.807) is 0 Å². The Balaban J connectivity index is 2.20. The first kappa shape index (κ1) is 32.3. The molecule has 0 fully saturated rings. The zero-order valence-electron chi connectivity index (χ0n) is 19.7. The fourth-order valence-corrected chi connectivity index (χ4v) is 3.56. The second-order valence-electron chi connectivity index (χ2n) is 8.19. The van der Waals surface area contributed by atoms with Crippen molar-refractivity contribution in [1.29, 1.82) is 0 Å². The van der Waals surface area contributed by atoms with E-state index in [4.69, 9.17) is 20.9 Å². The highest BCUT2D eigenvalue weighted by Gasteiger charge is 2.44. The van der Waals surface area contributed by atoms with Gasteiger partial charge >= 0.3 is 30.9 Å². The molecule has 0 aliphatic carbocycles. The number of hydrogen-bond donors (Lipinski definition) is 2. The van der Waals surface area contributed by atoms with E-state index in [9.17, 15) is 65.9 Å². The summed E-state index contributed by atoms with van der Waals surface area (Å²) in [6.45, 7) is 0. The average Bonchev–Trinajstić information content (AvgIpc) is 2.75. The first-order valence-electron chi connectivity index (χ1n) is 10.5. The smallest absolute Gasteiger partial charge is 0.421 e. The highest BCUT2D eigenvalue weighted by molar-refractivity contribution is 5.64. The molecule has 0 bridgehead atoms. The van der Waals surface area contributed by atoms with Gasteiger partial charge in [0.05, 0.1) is 28.1 Å². The van der Waals surface area contributed by atoms with Crippen LogP contribution in [0.25, 0.3) is 0 Å². The molecule has 19 heteroatoms. The van der Waals surface area contributed by atoms with E-state index in [2.05, 4.69) is 0 Å². The van der Waals surface area contributed by atoms with Crippen molar-refractivity contribution in [2.45, 2.75) is 30.9 Å². The van der Waals surface area contributed by atoms with Gasteiger partial charge in [0.1, 0.15) is 34.1 Å². The van der Waals surface area contributed by atoms with E-state index in [0.29, 0.717) is 0 Å². The number of nitrogens with two attached hydrogens (primary N) is 2. The van der Waals surface area contributed by atoms with E-state index >= 15 is 0 Å². The fraction of sp³-hybridized carbons (Fsp3) is 0.217. The number of ether oxygens (including phenoxy) is 2. The molecule has 0 amide bonds. The van der Waals surface area contributed by atoms with Gasteiger partial charge in [-0.2, -0.15) is 65.9 Å². The molecule has 0 spiro atoms. The molecule has 0 atom stereocenters. The molecule has 0 unspecified atom stereocenters. The average molecular weight is 632 g/mol. The molecule has 42 heavy (non-hydrogen) atoms. The molecule has 0 saturated heterocycles. The van der Waals surface area contributed by atoms with Gasteiger partial charge in [-0.1, -0.05) is 0 Å². The van der Waals surface area contributed by atoms with Crippen molar-refractivity contribution in [2.24, 2.45) is 0 Å². The molecule has 3 aromatic carbocycles. The Morgan fingerprint density at radius 1 is 0.429 bits per heavy atom. The summed E-state index contributed by atoms with van der Waals surface area (Å²) in [7, 11) is 0. The number of rotatable bonds is 4. The van der Waals surface area contributed by atoms with Gasteiger partial charge in [-0.15, -0.1) is 0 Å². The number of hydrogen-bond acceptors (Lipinski definition) is 4. The Hall–Kier alpha value is -4.19. The van der Waals surface area contributed by atoms with E-state index in [0.717, 1.165) is 0 Å². The highest BCUT2D eigenvalue weighted by atomic mass is 19.4. The van der Waals surface area contributed by atoms with Crippen molar-refractivity contribution < 1.29 is 75.3 Å². The van der Waals surface area contributed by atoms with E-state index in [1.165, 1.54) is 0 Å². The van der Waals surface area contributed by atoms with Crippen LogP contribution in [0.3, 0.4) is 0 Å². The van der Waals surface area contributed by atoms with E-state index in [-0.39, 0.29) is 42.5 Å². The molecule has 3 rings (SSSR count). The Morgan fingerprint density at radius 3 is 1.02 bits per heavy atom. The predicted molar refractivity (Wildman–Crippen MR) is 113 cm³/mol. The summed E-state index contributed by atoms with van der Waals surface area (Å²) >= 11 is 0. The Kier molecular flexibility index (Phi) is 7.90. The van der Waals surface area contributed by atoms with Crippen LogP contribution in [0.4, 0.5) is 77.2 Å². The summed E-state index contributed by atoms with van der Waals surface area (Å²) in [5, 5.41) is 0. The lowest BCUT2D eigenvalue weighted by Gasteiger charge is -2.21. The van der Waals surface area contributed by atoms with Crippen LogP contribution >= 0.6 is 0 Å². The third-order valence-electron chi connectivity index (χ3n) is 5.26. The van der Waals surface area contributed by atoms with Crippen molar-refractivity contribution in [2.75, 3.05) is 11.5 Å². The first-order valence-corrected chi connectivity index (χ1v) is 10.5. The molecule has 0 radical (unpaired) electrons. The Bertz CT molecular complexity index is 1380. The largest absolute Gasteiger partial charge is 0.456 e. The zero-order valence-corrected chi connectivity index (χ0v) is 19.7. The molecular formula is C23H11F15N2O2. The minimum atomic E-state index is -5.65. The quantitative estimate of drug-likeness (QED) is 0.222. The van der Waals surface area contributed by atoms with Crippen molar-refractivity contribution in [3.63, 3.8) is 0 Å². The van der Waals surface area contributed by atoms with Crippen molar-refractivity contribution in [1.82, 2.24) is 0 Å². The lowest BCUT2D eigenvalue weighted by Crippen LogP contribution is -2.17. The van der Waals surface area contributed by atoms with E-state index in [1.807, 2.05) is 0 Å². The maximum Gasteiger partial charge on any atom is 0.421 e. The van der Waals surface area contributed by atoms with Crippen LogP contribution in [-0.2, 0) is 30.9 Å². The maximum absolute atomic E-state index is 13.6. The molecule has 230 valence electrons. The minimum absolute atomic E-state index is 0.0205. The molecule has 4 N–H and O–H groups in total. The Morgan fingerprint density at radius 2 is 0.762 bits per heavy atom. The van der Waals surface area contributed by atoms with Gasteiger partial charge in [0.15, 0.2) is 0 Å². The van der Waals surface area contributed by atoms with Crippen LogP contribution in [-0.4, -0.2) is 0 Å². The van der Waals surface area contributed by atoms with Gasteiger partial charge in [0.25, 0.3) is 0 Å². The van der Waals surface area contributed by atoms with Gasteiger partial charge < -0.3 is 20.9 Å². The normalized spacial score (nSPS) is 13.3. The summed E-state index contributed by atoms with van der Waals surface area (Å²) in [4.78, 5) is 0. The van der Waals surface area contributed by atoms with Gasteiger partial charge in [-0.05, 0) is 36.4 Å². The number of benzene rings is 3.